The lowest BCUT2D eigenvalue weighted by atomic mass is 10.1. The second-order valence-electron chi connectivity index (χ2n) is 4.41. The molecule has 4 rings (SSSR count). The van der Waals surface area contributed by atoms with Gasteiger partial charge in [0.1, 0.15) is 11.2 Å². The number of nitrogens with two attached hydrogens (primary N) is 1. The number of benzene rings is 1. The van der Waals surface area contributed by atoms with Crippen LogP contribution in [0.2, 0.25) is 0 Å². The van der Waals surface area contributed by atoms with Crippen LogP contribution in [-0.2, 0) is 0 Å². The summed E-state index contributed by atoms with van der Waals surface area (Å²) in [5.74, 6) is 0.201. The Morgan fingerprint density at radius 3 is 2.85 bits per heavy atom. The van der Waals surface area contributed by atoms with Gasteiger partial charge in [0, 0.05) is 17.1 Å². The van der Waals surface area contributed by atoms with Crippen LogP contribution in [0, 0.1) is 0 Å². The molecule has 0 aliphatic carbocycles. The number of hydrogen-bond donors (Lipinski definition) is 2. The molecule has 6 heteroatoms. The van der Waals surface area contributed by atoms with E-state index in [9.17, 15) is 0 Å². The van der Waals surface area contributed by atoms with Gasteiger partial charge in [-0.3, -0.25) is 4.98 Å². The Kier molecular flexibility index (Phi) is 2.17. The molecule has 6 nitrogen and oxygen atoms in total. The number of fused-ring (bicyclic) bond motifs is 2. The van der Waals surface area contributed by atoms with Gasteiger partial charge in [0.25, 0.3) is 0 Å². The summed E-state index contributed by atoms with van der Waals surface area (Å²) in [4.78, 5) is 20.1. The van der Waals surface area contributed by atoms with Crippen molar-refractivity contribution >= 4 is 28.0 Å². The Balaban J connectivity index is 2.14. The summed E-state index contributed by atoms with van der Waals surface area (Å²) >= 11 is 0. The van der Waals surface area contributed by atoms with Gasteiger partial charge in [0.05, 0.1) is 11.8 Å². The molecular formula is C14H10N6. The number of rotatable bonds is 1. The third-order valence-corrected chi connectivity index (χ3v) is 3.19. The number of pyridine rings is 1. The summed E-state index contributed by atoms with van der Waals surface area (Å²) in [5, 5.41) is 1.05. The zero-order valence-corrected chi connectivity index (χ0v) is 10.4. The maximum atomic E-state index is 5.77. The molecule has 0 unspecified atom stereocenters. The highest BCUT2D eigenvalue weighted by molar-refractivity contribution is 5.99. The molecule has 3 N–H and O–H groups in total. The Bertz CT molecular complexity index is 922. The van der Waals surface area contributed by atoms with Gasteiger partial charge < -0.3 is 10.7 Å². The number of imidazole rings is 1. The van der Waals surface area contributed by atoms with E-state index in [1.807, 2.05) is 30.3 Å². The standard InChI is InChI=1S/C14H10N6/c15-14-19-11(12-13(20-14)18-7-17-12)9-5-1-3-8-4-2-6-16-10(8)9/h1-7H,(H3,15,17,18,19,20). The Morgan fingerprint density at radius 2 is 1.90 bits per heavy atom. The van der Waals surface area contributed by atoms with Crippen LogP contribution in [0.5, 0.6) is 0 Å². The molecule has 3 aromatic heterocycles. The smallest absolute Gasteiger partial charge is 0.222 e. The van der Waals surface area contributed by atoms with Crippen molar-refractivity contribution in [1.82, 2.24) is 24.9 Å². The Labute approximate surface area is 113 Å². The Hall–Kier alpha value is -3.02. The summed E-state index contributed by atoms with van der Waals surface area (Å²) in [6, 6.07) is 9.88. The highest BCUT2D eigenvalue weighted by Crippen LogP contribution is 2.29. The van der Waals surface area contributed by atoms with Crippen molar-refractivity contribution in [2.75, 3.05) is 5.73 Å². The van der Waals surface area contributed by atoms with Gasteiger partial charge in [-0.2, -0.15) is 4.98 Å². The number of aromatic nitrogens is 5. The first-order chi connectivity index (χ1) is 9.83. The van der Waals surface area contributed by atoms with Gasteiger partial charge in [0.15, 0.2) is 5.65 Å². The molecule has 0 bridgehead atoms. The monoisotopic (exact) mass is 262 g/mol. The molecule has 0 radical (unpaired) electrons. The minimum absolute atomic E-state index is 0.201. The molecule has 4 aromatic rings. The van der Waals surface area contributed by atoms with Crippen LogP contribution in [0.1, 0.15) is 0 Å². The molecule has 0 aliphatic rings. The van der Waals surface area contributed by atoms with E-state index >= 15 is 0 Å². The predicted molar refractivity (Wildman–Crippen MR) is 76.8 cm³/mol. The van der Waals surface area contributed by atoms with Crippen molar-refractivity contribution in [3.8, 4) is 11.3 Å². The van der Waals surface area contributed by atoms with Crippen molar-refractivity contribution in [2.45, 2.75) is 0 Å². The molecule has 0 saturated carbocycles. The van der Waals surface area contributed by atoms with Gasteiger partial charge in [-0.25, -0.2) is 9.97 Å². The number of H-pyrrole nitrogens is 1. The second-order valence-corrected chi connectivity index (χ2v) is 4.41. The molecule has 0 aliphatic heterocycles. The quantitative estimate of drug-likeness (QED) is 0.548. The topological polar surface area (TPSA) is 93.4 Å². The number of hydrogen-bond acceptors (Lipinski definition) is 5. The van der Waals surface area contributed by atoms with Gasteiger partial charge in [0.2, 0.25) is 5.95 Å². The normalized spacial score (nSPS) is 11.2. The summed E-state index contributed by atoms with van der Waals surface area (Å²) in [6.45, 7) is 0. The van der Waals surface area contributed by atoms with E-state index in [2.05, 4.69) is 24.9 Å². The van der Waals surface area contributed by atoms with E-state index in [0.717, 1.165) is 22.0 Å². The van der Waals surface area contributed by atoms with Gasteiger partial charge in [-0.15, -0.1) is 0 Å². The van der Waals surface area contributed by atoms with E-state index < -0.39 is 0 Å². The zero-order chi connectivity index (χ0) is 13.5. The summed E-state index contributed by atoms with van der Waals surface area (Å²) < 4.78 is 0. The first-order valence-electron chi connectivity index (χ1n) is 6.13. The number of anilines is 1. The number of nitrogens with zero attached hydrogens (tertiary/aromatic N) is 4. The number of para-hydroxylation sites is 1. The SMILES string of the molecule is Nc1nc(-c2cccc3cccnc23)c2[nH]cnc2n1. The van der Waals surface area contributed by atoms with Crippen molar-refractivity contribution in [3.05, 3.63) is 42.9 Å². The fraction of sp³-hybridized carbons (Fsp3) is 0. The number of nitrogen functional groups attached to an aromatic ring is 1. The maximum absolute atomic E-state index is 5.77. The van der Waals surface area contributed by atoms with Gasteiger partial charge in [-0.05, 0) is 6.07 Å². The first-order valence-corrected chi connectivity index (χ1v) is 6.13. The van der Waals surface area contributed by atoms with Gasteiger partial charge in [-0.1, -0.05) is 24.3 Å². The lowest BCUT2D eigenvalue weighted by Gasteiger charge is -2.06. The van der Waals surface area contributed by atoms with Gasteiger partial charge >= 0.3 is 0 Å². The average molecular weight is 262 g/mol. The van der Waals surface area contributed by atoms with Crippen LogP contribution in [0.25, 0.3) is 33.3 Å². The first kappa shape index (κ1) is 10.9. The van der Waals surface area contributed by atoms with Crippen LogP contribution in [0.15, 0.2) is 42.9 Å². The van der Waals surface area contributed by atoms with Crippen LogP contribution >= 0.6 is 0 Å². The lowest BCUT2D eigenvalue weighted by molar-refractivity contribution is 1.22. The van der Waals surface area contributed by atoms with Crippen molar-refractivity contribution < 1.29 is 0 Å². The molecule has 20 heavy (non-hydrogen) atoms. The third-order valence-electron chi connectivity index (χ3n) is 3.19. The van der Waals surface area contributed by atoms with Crippen molar-refractivity contribution in [3.63, 3.8) is 0 Å². The van der Waals surface area contributed by atoms with Crippen LogP contribution in [0.3, 0.4) is 0 Å². The summed E-state index contributed by atoms with van der Waals surface area (Å²) in [5.41, 5.74) is 9.59. The average Bonchev–Trinajstić information content (AvgIpc) is 2.94. The summed E-state index contributed by atoms with van der Waals surface area (Å²) in [7, 11) is 0. The van der Waals surface area contributed by atoms with E-state index in [-0.39, 0.29) is 5.95 Å². The second kappa shape index (κ2) is 3.99. The number of nitrogens with one attached hydrogen (secondary N) is 1. The minimum atomic E-state index is 0.201. The predicted octanol–water partition coefficient (Wildman–Crippen LogP) is 2.15. The van der Waals surface area contributed by atoms with Crippen molar-refractivity contribution in [2.24, 2.45) is 0 Å². The highest BCUT2D eigenvalue weighted by Gasteiger charge is 2.13. The van der Waals surface area contributed by atoms with E-state index in [1.54, 1.807) is 12.5 Å². The van der Waals surface area contributed by atoms with Crippen LogP contribution in [-0.4, -0.2) is 24.9 Å². The molecule has 0 fully saturated rings. The molecule has 0 saturated heterocycles. The molecule has 0 atom stereocenters. The van der Waals surface area contributed by atoms with Crippen LogP contribution < -0.4 is 5.73 Å². The van der Waals surface area contributed by atoms with Crippen LogP contribution in [0.4, 0.5) is 5.95 Å². The fourth-order valence-corrected chi connectivity index (χ4v) is 2.34. The fourth-order valence-electron chi connectivity index (χ4n) is 2.34. The minimum Gasteiger partial charge on any atom is -0.368 e. The summed E-state index contributed by atoms with van der Waals surface area (Å²) in [6.07, 6.45) is 3.35. The highest BCUT2D eigenvalue weighted by atomic mass is 15.1. The molecular weight excluding hydrogens is 252 g/mol. The van der Waals surface area contributed by atoms with E-state index in [1.165, 1.54) is 0 Å². The number of aromatic amines is 1. The molecule has 96 valence electrons. The molecule has 1 aromatic carbocycles. The van der Waals surface area contributed by atoms with Crippen molar-refractivity contribution in [1.29, 1.82) is 0 Å². The Morgan fingerprint density at radius 1 is 1.00 bits per heavy atom. The third kappa shape index (κ3) is 1.51. The molecule has 0 spiro atoms. The van der Waals surface area contributed by atoms with E-state index in [4.69, 9.17) is 5.73 Å². The zero-order valence-electron chi connectivity index (χ0n) is 10.4. The molecule has 3 heterocycles. The molecule has 0 amide bonds. The maximum Gasteiger partial charge on any atom is 0.222 e. The lowest BCUT2D eigenvalue weighted by Crippen LogP contribution is -1.98. The largest absolute Gasteiger partial charge is 0.368 e. The van der Waals surface area contributed by atoms with E-state index in [0.29, 0.717) is 11.3 Å².